The minimum absolute atomic E-state index is 0.150. The zero-order valence-electron chi connectivity index (χ0n) is 16.7. The lowest BCUT2D eigenvalue weighted by Gasteiger charge is -2.16. The highest BCUT2D eigenvalue weighted by atomic mass is 32.1. The average molecular weight is 421 g/mol. The quantitative estimate of drug-likeness (QED) is 0.460. The first kappa shape index (κ1) is 21.9. The van der Waals surface area contributed by atoms with Crippen LogP contribution in [0, 0.1) is 0 Å². The minimum Gasteiger partial charge on any atom is -0.497 e. The van der Waals surface area contributed by atoms with Gasteiger partial charge >= 0.3 is 0 Å². The summed E-state index contributed by atoms with van der Waals surface area (Å²) >= 11 is 5.23. The zero-order chi connectivity index (χ0) is 21.4. The van der Waals surface area contributed by atoms with Crippen molar-refractivity contribution in [3.63, 3.8) is 0 Å². The lowest BCUT2D eigenvalue weighted by molar-refractivity contribution is 0.0943. The van der Waals surface area contributed by atoms with Crippen LogP contribution in [0.15, 0.2) is 30.3 Å². The number of ether oxygens (including phenoxy) is 5. The van der Waals surface area contributed by atoms with Gasteiger partial charge < -0.3 is 29.0 Å². The summed E-state index contributed by atoms with van der Waals surface area (Å²) in [4.78, 5) is 12.5. The molecule has 0 radical (unpaired) electrons. The topological polar surface area (TPSA) is 99.3 Å². The van der Waals surface area contributed by atoms with Crippen LogP contribution in [0.4, 0.5) is 5.69 Å². The lowest BCUT2D eigenvalue weighted by Crippen LogP contribution is -2.43. The highest BCUT2D eigenvalue weighted by Crippen LogP contribution is 2.38. The largest absolute Gasteiger partial charge is 0.497 e. The molecule has 2 aromatic carbocycles. The Kier molecular flexibility index (Phi) is 7.72. The molecule has 3 N–H and O–H groups in total. The molecular formula is C19H23N3O6S. The van der Waals surface area contributed by atoms with Crippen molar-refractivity contribution in [3.05, 3.63) is 35.9 Å². The molecule has 0 bridgehead atoms. The van der Waals surface area contributed by atoms with Gasteiger partial charge in [-0.2, -0.15) is 0 Å². The van der Waals surface area contributed by atoms with E-state index >= 15 is 0 Å². The summed E-state index contributed by atoms with van der Waals surface area (Å²) < 4.78 is 26.2. The van der Waals surface area contributed by atoms with Crippen LogP contribution in [-0.4, -0.2) is 46.6 Å². The number of carbonyl (C=O) groups excluding carboxylic acids is 1. The summed E-state index contributed by atoms with van der Waals surface area (Å²) in [5, 5.41) is 3.09. The number of amides is 1. The Morgan fingerprint density at radius 1 is 0.793 bits per heavy atom. The van der Waals surface area contributed by atoms with Crippen molar-refractivity contribution in [2.24, 2.45) is 0 Å². The molecule has 0 aliphatic carbocycles. The van der Waals surface area contributed by atoms with Gasteiger partial charge in [0.05, 0.1) is 41.2 Å². The standard InChI is InChI=1S/C19H23N3O6S/c1-24-12-6-7-14(25-2)13(10-12)20-19(29)22-21-18(23)11-8-15(26-3)17(28-5)16(9-11)27-4/h6-10H,1-5H3,(H,21,23)(H2,20,22,29). The van der Waals surface area contributed by atoms with Crippen molar-refractivity contribution < 1.29 is 28.5 Å². The molecule has 9 nitrogen and oxygen atoms in total. The molecule has 156 valence electrons. The minimum atomic E-state index is -0.453. The average Bonchev–Trinajstić information content (AvgIpc) is 2.76. The highest BCUT2D eigenvalue weighted by molar-refractivity contribution is 7.80. The number of anilines is 1. The molecule has 0 fully saturated rings. The lowest BCUT2D eigenvalue weighted by atomic mass is 10.1. The third-order valence-electron chi connectivity index (χ3n) is 3.87. The van der Waals surface area contributed by atoms with E-state index in [9.17, 15) is 4.79 Å². The summed E-state index contributed by atoms with van der Waals surface area (Å²) in [6.45, 7) is 0. The molecule has 1 amide bonds. The normalized spacial score (nSPS) is 9.83. The molecule has 0 saturated heterocycles. The maximum atomic E-state index is 12.5. The molecule has 0 heterocycles. The zero-order valence-corrected chi connectivity index (χ0v) is 17.6. The molecular weight excluding hydrogens is 398 g/mol. The summed E-state index contributed by atoms with van der Waals surface area (Å²) in [7, 11) is 7.52. The number of nitrogens with one attached hydrogen (secondary N) is 3. The number of hydrazine groups is 1. The van der Waals surface area contributed by atoms with Gasteiger partial charge in [0.1, 0.15) is 11.5 Å². The van der Waals surface area contributed by atoms with E-state index in [1.54, 1.807) is 25.3 Å². The Bertz CT molecular complexity index is 865. The smallest absolute Gasteiger partial charge is 0.269 e. The van der Waals surface area contributed by atoms with Gasteiger partial charge in [-0.15, -0.1) is 0 Å². The third-order valence-corrected chi connectivity index (χ3v) is 4.08. The van der Waals surface area contributed by atoms with E-state index in [0.717, 1.165) is 0 Å². The van der Waals surface area contributed by atoms with Gasteiger partial charge in [-0.1, -0.05) is 0 Å². The van der Waals surface area contributed by atoms with E-state index in [-0.39, 0.29) is 10.7 Å². The van der Waals surface area contributed by atoms with Gasteiger partial charge in [0.15, 0.2) is 16.6 Å². The van der Waals surface area contributed by atoms with Crippen LogP contribution in [0.25, 0.3) is 0 Å². The van der Waals surface area contributed by atoms with Gasteiger partial charge in [-0.3, -0.25) is 15.6 Å². The highest BCUT2D eigenvalue weighted by Gasteiger charge is 2.17. The Labute approximate surface area is 174 Å². The number of benzene rings is 2. The summed E-state index contributed by atoms with van der Waals surface area (Å²) in [5.41, 5.74) is 6.00. The van der Waals surface area contributed by atoms with E-state index in [2.05, 4.69) is 16.2 Å². The molecule has 0 spiro atoms. The number of hydrogen-bond donors (Lipinski definition) is 3. The Morgan fingerprint density at radius 2 is 1.41 bits per heavy atom. The van der Waals surface area contributed by atoms with Crippen molar-refractivity contribution in [2.75, 3.05) is 40.9 Å². The van der Waals surface area contributed by atoms with Crippen molar-refractivity contribution in [1.29, 1.82) is 0 Å². The van der Waals surface area contributed by atoms with Gasteiger partial charge in [-0.05, 0) is 36.5 Å². The van der Waals surface area contributed by atoms with Crippen LogP contribution in [0.1, 0.15) is 10.4 Å². The van der Waals surface area contributed by atoms with Gasteiger partial charge in [0.25, 0.3) is 5.91 Å². The summed E-state index contributed by atoms with van der Waals surface area (Å²) in [6, 6.07) is 8.26. The fraction of sp³-hybridized carbons (Fsp3) is 0.263. The first-order chi connectivity index (χ1) is 14.0. The van der Waals surface area contributed by atoms with Crippen LogP contribution in [0.3, 0.4) is 0 Å². The summed E-state index contributed by atoms with van der Waals surface area (Å²) in [6.07, 6.45) is 0. The van der Waals surface area contributed by atoms with Crippen molar-refractivity contribution in [2.45, 2.75) is 0 Å². The van der Waals surface area contributed by atoms with Crippen molar-refractivity contribution >= 4 is 28.9 Å². The second kappa shape index (κ2) is 10.2. The van der Waals surface area contributed by atoms with E-state index < -0.39 is 5.91 Å². The number of thiocarbonyl (C=S) groups is 1. The Hall–Kier alpha value is -3.40. The predicted molar refractivity (Wildman–Crippen MR) is 112 cm³/mol. The Morgan fingerprint density at radius 3 is 1.93 bits per heavy atom. The molecule has 10 heteroatoms. The van der Waals surface area contributed by atoms with Gasteiger partial charge in [0.2, 0.25) is 5.75 Å². The van der Waals surface area contributed by atoms with Crippen molar-refractivity contribution in [1.82, 2.24) is 10.9 Å². The van der Waals surface area contributed by atoms with Gasteiger partial charge in [0, 0.05) is 11.6 Å². The molecule has 29 heavy (non-hydrogen) atoms. The molecule has 0 aliphatic heterocycles. The predicted octanol–water partition coefficient (Wildman–Crippen LogP) is 2.36. The van der Waals surface area contributed by atoms with E-state index in [1.807, 2.05) is 0 Å². The second-order valence-corrected chi connectivity index (χ2v) is 5.92. The van der Waals surface area contributed by atoms with E-state index in [1.165, 1.54) is 40.6 Å². The number of rotatable bonds is 7. The van der Waals surface area contributed by atoms with Crippen LogP contribution in [0.5, 0.6) is 28.7 Å². The molecule has 2 rings (SSSR count). The monoisotopic (exact) mass is 421 g/mol. The fourth-order valence-electron chi connectivity index (χ4n) is 2.46. The van der Waals surface area contributed by atoms with Gasteiger partial charge in [-0.25, -0.2) is 0 Å². The van der Waals surface area contributed by atoms with E-state index in [4.69, 9.17) is 35.9 Å². The number of methoxy groups -OCH3 is 5. The maximum absolute atomic E-state index is 12.5. The first-order valence-corrected chi connectivity index (χ1v) is 8.77. The van der Waals surface area contributed by atoms with E-state index in [0.29, 0.717) is 34.4 Å². The first-order valence-electron chi connectivity index (χ1n) is 8.36. The fourth-order valence-corrected chi connectivity index (χ4v) is 2.62. The van der Waals surface area contributed by atoms with Crippen LogP contribution >= 0.6 is 12.2 Å². The van der Waals surface area contributed by atoms with Crippen molar-refractivity contribution in [3.8, 4) is 28.7 Å². The second-order valence-electron chi connectivity index (χ2n) is 5.51. The van der Waals surface area contributed by atoms with Crippen LogP contribution in [0.2, 0.25) is 0 Å². The van der Waals surface area contributed by atoms with Crippen LogP contribution in [-0.2, 0) is 0 Å². The molecule has 2 aromatic rings. The molecule has 0 saturated carbocycles. The summed E-state index contributed by atoms with van der Waals surface area (Å²) in [5.74, 6) is 1.84. The number of carbonyl (C=O) groups is 1. The molecule has 0 aliphatic rings. The third kappa shape index (κ3) is 5.32. The Balaban J connectivity index is 2.08. The molecule has 0 aromatic heterocycles. The number of hydrogen-bond acceptors (Lipinski definition) is 7. The maximum Gasteiger partial charge on any atom is 0.269 e. The molecule has 0 atom stereocenters. The van der Waals surface area contributed by atoms with Crippen LogP contribution < -0.4 is 39.9 Å². The molecule has 0 unspecified atom stereocenters. The SMILES string of the molecule is COc1ccc(OC)c(NC(=S)NNC(=O)c2cc(OC)c(OC)c(OC)c2)c1.